The van der Waals surface area contributed by atoms with Gasteiger partial charge in [-0.2, -0.15) is 0 Å². The van der Waals surface area contributed by atoms with Crippen LogP contribution >= 0.6 is 22.6 Å². The number of halogens is 1. The second-order valence-electron chi connectivity index (χ2n) is 2.52. The molecule has 2 atom stereocenters. The number of rotatable bonds is 0. The Morgan fingerprint density at radius 1 is 1.43 bits per heavy atom. The van der Waals surface area contributed by atoms with Crippen LogP contribution in [0.15, 0.2) is 0 Å². The van der Waals surface area contributed by atoms with Crippen molar-refractivity contribution in [2.75, 3.05) is 0 Å². The van der Waals surface area contributed by atoms with Gasteiger partial charge in [-0.25, -0.2) is 0 Å². The van der Waals surface area contributed by atoms with Gasteiger partial charge in [0.1, 0.15) is 0 Å². The summed E-state index contributed by atoms with van der Waals surface area (Å²) in [5.41, 5.74) is 0. The minimum absolute atomic E-state index is 0.993. The lowest BCUT2D eigenvalue weighted by Crippen LogP contribution is -1.86. The zero-order valence-corrected chi connectivity index (χ0v) is 6.81. The fourth-order valence-corrected chi connectivity index (χ4v) is 2.37. The normalized spacial score (nSPS) is 42.0. The highest BCUT2D eigenvalue weighted by molar-refractivity contribution is 14.1. The van der Waals surface area contributed by atoms with Crippen LogP contribution in [0.1, 0.15) is 26.2 Å². The van der Waals surface area contributed by atoms with Gasteiger partial charge in [-0.05, 0) is 25.2 Å². The van der Waals surface area contributed by atoms with Gasteiger partial charge in [0.2, 0.25) is 0 Å². The van der Waals surface area contributed by atoms with Crippen molar-refractivity contribution in [3.05, 3.63) is 0 Å². The highest BCUT2D eigenvalue weighted by Gasteiger charge is 2.17. The van der Waals surface area contributed by atoms with Crippen molar-refractivity contribution in [3.63, 3.8) is 0 Å². The minimum atomic E-state index is 0.993. The molecule has 1 rings (SSSR count). The fraction of sp³-hybridized carbons (Fsp3) is 1.00. The molecule has 0 heterocycles. The van der Waals surface area contributed by atoms with Gasteiger partial charge in [-0.1, -0.05) is 29.5 Å². The van der Waals surface area contributed by atoms with Crippen molar-refractivity contribution in [1.82, 2.24) is 0 Å². The summed E-state index contributed by atoms with van der Waals surface area (Å²) in [5.74, 6) is 1.02. The Morgan fingerprint density at radius 2 is 2.14 bits per heavy atom. The van der Waals surface area contributed by atoms with Gasteiger partial charge in [-0.3, -0.25) is 0 Å². The highest BCUT2D eigenvalue weighted by atomic mass is 127. The Labute approximate surface area is 58.8 Å². The van der Waals surface area contributed by atoms with Gasteiger partial charge >= 0.3 is 0 Å². The molecule has 0 spiro atoms. The summed E-state index contributed by atoms with van der Waals surface area (Å²) in [4.78, 5) is 0. The maximum atomic E-state index is 2.55. The summed E-state index contributed by atoms with van der Waals surface area (Å²) in [6.45, 7) is 2.35. The first kappa shape index (κ1) is 5.86. The van der Waals surface area contributed by atoms with E-state index in [1.807, 2.05) is 0 Å². The van der Waals surface area contributed by atoms with Crippen LogP contribution in [-0.2, 0) is 0 Å². The van der Waals surface area contributed by atoms with E-state index < -0.39 is 0 Å². The molecule has 0 saturated heterocycles. The van der Waals surface area contributed by atoms with Crippen LogP contribution in [0.5, 0.6) is 0 Å². The average Bonchev–Trinajstić information content (AvgIpc) is 1.87. The van der Waals surface area contributed by atoms with Gasteiger partial charge in [0.05, 0.1) is 0 Å². The molecule has 1 aliphatic rings. The maximum Gasteiger partial charge on any atom is 0.0112 e. The van der Waals surface area contributed by atoms with Crippen molar-refractivity contribution in [2.45, 2.75) is 30.1 Å². The first-order valence-electron chi connectivity index (χ1n) is 2.93. The standard InChI is InChI=1S/C6H11I/c1-5-2-3-6(7)4-5/h5-6H,2-4H2,1H3. The van der Waals surface area contributed by atoms with Gasteiger partial charge in [0.25, 0.3) is 0 Å². The number of hydrogen-bond donors (Lipinski definition) is 0. The molecule has 0 amide bonds. The summed E-state index contributed by atoms with van der Waals surface area (Å²) in [5, 5.41) is 0. The zero-order valence-electron chi connectivity index (χ0n) is 4.65. The molecule has 0 aromatic heterocycles. The van der Waals surface area contributed by atoms with Crippen LogP contribution in [0.25, 0.3) is 0 Å². The van der Waals surface area contributed by atoms with Gasteiger partial charge < -0.3 is 0 Å². The van der Waals surface area contributed by atoms with Crippen LogP contribution in [-0.4, -0.2) is 3.92 Å². The third-order valence-electron chi connectivity index (χ3n) is 1.63. The van der Waals surface area contributed by atoms with Gasteiger partial charge in [-0.15, -0.1) is 0 Å². The predicted octanol–water partition coefficient (Wildman–Crippen LogP) is 2.61. The lowest BCUT2D eigenvalue weighted by molar-refractivity contribution is 0.615. The van der Waals surface area contributed by atoms with E-state index in [1.165, 1.54) is 19.3 Å². The summed E-state index contributed by atoms with van der Waals surface area (Å²) in [6.07, 6.45) is 4.38. The van der Waals surface area contributed by atoms with E-state index in [2.05, 4.69) is 29.5 Å². The Hall–Kier alpha value is 0.730. The second kappa shape index (κ2) is 2.33. The first-order chi connectivity index (χ1) is 3.29. The molecule has 1 heteroatoms. The lowest BCUT2D eigenvalue weighted by Gasteiger charge is -1.94. The summed E-state index contributed by atoms with van der Waals surface area (Å²) in [7, 11) is 0. The van der Waals surface area contributed by atoms with Crippen molar-refractivity contribution in [1.29, 1.82) is 0 Å². The predicted molar refractivity (Wildman–Crippen MR) is 40.8 cm³/mol. The smallest absolute Gasteiger partial charge is 0.0112 e. The number of alkyl halides is 1. The topological polar surface area (TPSA) is 0 Å². The van der Waals surface area contributed by atoms with Crippen LogP contribution < -0.4 is 0 Å². The Kier molecular flexibility index (Phi) is 1.95. The van der Waals surface area contributed by atoms with Crippen molar-refractivity contribution >= 4 is 22.6 Å². The first-order valence-corrected chi connectivity index (χ1v) is 4.17. The van der Waals surface area contributed by atoms with Crippen molar-refractivity contribution in [2.24, 2.45) is 5.92 Å². The Morgan fingerprint density at radius 3 is 2.29 bits per heavy atom. The quantitative estimate of drug-likeness (QED) is 0.425. The van der Waals surface area contributed by atoms with Crippen LogP contribution in [0.2, 0.25) is 0 Å². The molecule has 0 aliphatic heterocycles. The van der Waals surface area contributed by atoms with E-state index in [1.54, 1.807) is 0 Å². The van der Waals surface area contributed by atoms with E-state index >= 15 is 0 Å². The molecule has 42 valence electrons. The highest BCUT2D eigenvalue weighted by Crippen LogP contribution is 2.29. The molecule has 0 bridgehead atoms. The molecule has 1 fully saturated rings. The second-order valence-corrected chi connectivity index (χ2v) is 4.28. The lowest BCUT2D eigenvalue weighted by atomic mass is 10.2. The van der Waals surface area contributed by atoms with Crippen molar-refractivity contribution in [3.8, 4) is 0 Å². The average molecular weight is 210 g/mol. The molecular weight excluding hydrogens is 199 g/mol. The molecule has 1 saturated carbocycles. The third-order valence-corrected chi connectivity index (χ3v) is 2.76. The van der Waals surface area contributed by atoms with Gasteiger partial charge in [0.15, 0.2) is 0 Å². The Balaban J connectivity index is 2.26. The number of hydrogen-bond acceptors (Lipinski definition) is 0. The molecule has 2 unspecified atom stereocenters. The van der Waals surface area contributed by atoms with Crippen LogP contribution in [0, 0.1) is 5.92 Å². The molecule has 1 aliphatic carbocycles. The monoisotopic (exact) mass is 210 g/mol. The SMILES string of the molecule is CC1CCC(I)C1. The molecule has 0 nitrogen and oxygen atoms in total. The largest absolute Gasteiger partial charge is 0.0826 e. The van der Waals surface area contributed by atoms with Gasteiger partial charge in [0, 0.05) is 3.92 Å². The molecule has 0 aromatic rings. The third kappa shape index (κ3) is 1.59. The molecule has 0 radical (unpaired) electrons. The molecule has 0 aromatic carbocycles. The zero-order chi connectivity index (χ0) is 5.28. The van der Waals surface area contributed by atoms with E-state index in [-0.39, 0.29) is 0 Å². The van der Waals surface area contributed by atoms with E-state index in [9.17, 15) is 0 Å². The fourth-order valence-electron chi connectivity index (χ4n) is 1.14. The minimum Gasteiger partial charge on any atom is -0.0826 e. The van der Waals surface area contributed by atoms with E-state index in [0.717, 1.165) is 9.84 Å². The molecular formula is C6H11I. The summed E-state index contributed by atoms with van der Waals surface area (Å²) >= 11 is 2.55. The summed E-state index contributed by atoms with van der Waals surface area (Å²) in [6, 6.07) is 0. The Bertz CT molecular complexity index is 53.2. The molecule has 7 heavy (non-hydrogen) atoms. The van der Waals surface area contributed by atoms with Crippen LogP contribution in [0.3, 0.4) is 0 Å². The van der Waals surface area contributed by atoms with Crippen molar-refractivity contribution < 1.29 is 0 Å². The molecule has 0 N–H and O–H groups in total. The van der Waals surface area contributed by atoms with Crippen LogP contribution in [0.4, 0.5) is 0 Å². The maximum absolute atomic E-state index is 2.55. The summed E-state index contributed by atoms with van der Waals surface area (Å²) < 4.78 is 0.993. The van der Waals surface area contributed by atoms with E-state index in [4.69, 9.17) is 0 Å². The van der Waals surface area contributed by atoms with E-state index in [0.29, 0.717) is 0 Å².